The number of thiophene rings is 4. The van der Waals surface area contributed by atoms with Crippen LogP contribution < -0.4 is 9.47 Å². The lowest BCUT2D eigenvalue weighted by Crippen LogP contribution is -2.25. The molecular weight excluding hydrogens is 1220 g/mol. The lowest BCUT2D eigenvalue weighted by Gasteiger charge is -2.33. The zero-order valence-corrected chi connectivity index (χ0v) is 58.6. The largest absolute Gasteiger partial charge is 0.494 e. The third-order valence-electron chi connectivity index (χ3n) is 18.1. The molecule has 0 N–H and O–H groups in total. The smallest absolute Gasteiger partial charge is 0.306 e. The molecule has 0 aliphatic heterocycles. The number of hydrogen-bond acceptors (Lipinski definition) is 10. The molecule has 4 aromatic carbocycles. The van der Waals surface area contributed by atoms with Crippen LogP contribution in [-0.2, 0) is 24.5 Å². The number of esters is 2. The third kappa shape index (κ3) is 20.1. The van der Waals surface area contributed by atoms with Gasteiger partial charge >= 0.3 is 11.9 Å². The standard InChI is InChI=1S/C83H98O6S4/c1-7-13-15-17-23-29-55-83(56-30-24-18-16-14-8-2)71-59-63(75-49-53-79(92-75)77-51-47-73(90-77)61-35-41-67(42-36-61)86-57-31-25-19-21-27-33-81(84)88-65(9-3)10-4)39-45-69(71)70-46-40-64(60-72(70)83)76-50-54-80(93-76)78-52-48-74(91-78)62-37-43-68(44-38-62)87-58-32-26-20-22-28-34-82(85)89-66(11-5)12-6/h9-12,35-54,59-60,65-66H,3-8,13-34,55-58H2,1-2H3. The molecule has 0 saturated heterocycles. The Morgan fingerprint density at radius 3 is 1.02 bits per heavy atom. The molecule has 0 bridgehead atoms. The lowest BCUT2D eigenvalue weighted by molar-refractivity contribution is -0.146. The Labute approximate surface area is 572 Å². The Hall–Kier alpha value is -6.82. The Morgan fingerprint density at radius 1 is 0.366 bits per heavy atom. The Morgan fingerprint density at radius 2 is 0.667 bits per heavy atom. The van der Waals surface area contributed by atoms with Crippen molar-refractivity contribution in [3.8, 4) is 83.9 Å². The fourth-order valence-corrected chi connectivity index (χ4v) is 17.0. The second-order valence-corrected chi connectivity index (χ2v) is 29.3. The highest BCUT2D eigenvalue weighted by molar-refractivity contribution is 7.25. The number of carbonyl (C=O) groups excluding carboxylic acids is 2. The van der Waals surface area contributed by atoms with Crippen molar-refractivity contribution in [1.29, 1.82) is 0 Å². The summed E-state index contributed by atoms with van der Waals surface area (Å²) in [6.07, 6.45) is 34.1. The predicted molar refractivity (Wildman–Crippen MR) is 400 cm³/mol. The van der Waals surface area contributed by atoms with E-state index in [0.29, 0.717) is 26.1 Å². The maximum absolute atomic E-state index is 12.0. The normalized spacial score (nSPS) is 12.2. The molecule has 4 heterocycles. The van der Waals surface area contributed by atoms with Crippen molar-refractivity contribution in [2.24, 2.45) is 0 Å². The number of ether oxygens (including phenoxy) is 4. The van der Waals surface area contributed by atoms with E-state index in [2.05, 4.69) is 174 Å². The summed E-state index contributed by atoms with van der Waals surface area (Å²) < 4.78 is 22.9. The van der Waals surface area contributed by atoms with E-state index in [1.54, 1.807) is 24.3 Å². The van der Waals surface area contributed by atoms with Gasteiger partial charge in [0.25, 0.3) is 0 Å². The van der Waals surface area contributed by atoms with Gasteiger partial charge < -0.3 is 18.9 Å². The second kappa shape index (κ2) is 37.3. The maximum atomic E-state index is 12.0. The summed E-state index contributed by atoms with van der Waals surface area (Å²) in [4.78, 5) is 34.4. The van der Waals surface area contributed by atoms with Gasteiger partial charge in [-0.3, -0.25) is 9.59 Å². The molecule has 0 unspecified atom stereocenters. The Kier molecular flexibility index (Phi) is 28.3. The van der Waals surface area contributed by atoms with Crippen molar-refractivity contribution in [1.82, 2.24) is 0 Å². The number of carbonyl (C=O) groups is 2. The monoisotopic (exact) mass is 1320 g/mol. The van der Waals surface area contributed by atoms with Gasteiger partial charge in [-0.05, 0) is 217 Å². The SMILES string of the molecule is C=CC(C=C)OC(=O)CCCCCCCOc1ccc(-c2ccc(-c3ccc(-c4ccc5c(c4)C(CCCCCCCC)(CCCCCCCC)c4cc(-c6ccc(-c7ccc(-c8ccc(OCCCCCCCC(=O)OC(C=C)C=C)cc8)s7)s6)ccc4-5)s3)s2)cc1. The first-order valence-electron chi connectivity index (χ1n) is 34.7. The zero-order chi connectivity index (χ0) is 65.0. The average molecular weight is 1320 g/mol. The quantitative estimate of drug-likeness (QED) is 0.0215. The first kappa shape index (κ1) is 70.5. The molecule has 8 aromatic rings. The summed E-state index contributed by atoms with van der Waals surface area (Å²) in [5.41, 5.74) is 10.9. The molecule has 10 heteroatoms. The molecule has 490 valence electrons. The van der Waals surface area contributed by atoms with Gasteiger partial charge in [0.1, 0.15) is 23.7 Å². The average Bonchev–Trinajstić information content (AvgIpc) is 1.57. The fraction of sp³-hybridized carbons (Fsp3) is 0.398. The molecule has 1 aliphatic rings. The van der Waals surface area contributed by atoms with E-state index >= 15 is 0 Å². The first-order valence-corrected chi connectivity index (χ1v) is 38.0. The molecule has 93 heavy (non-hydrogen) atoms. The minimum Gasteiger partial charge on any atom is -0.494 e. The molecule has 0 atom stereocenters. The second-order valence-electron chi connectivity index (χ2n) is 24.9. The number of rotatable bonds is 44. The van der Waals surface area contributed by atoms with Crippen LogP contribution in [0, 0.1) is 0 Å². The maximum Gasteiger partial charge on any atom is 0.306 e. The van der Waals surface area contributed by atoms with E-state index in [1.807, 2.05) is 45.3 Å². The van der Waals surface area contributed by atoms with Crippen LogP contribution in [0.25, 0.3) is 72.4 Å². The van der Waals surface area contributed by atoms with Crippen LogP contribution in [0.15, 0.2) is 184 Å². The van der Waals surface area contributed by atoms with Crippen molar-refractivity contribution in [3.05, 3.63) is 195 Å². The van der Waals surface area contributed by atoms with E-state index in [0.717, 1.165) is 75.7 Å². The van der Waals surface area contributed by atoms with Gasteiger partial charge in [0.15, 0.2) is 0 Å². The Bertz CT molecular complexity index is 3370. The van der Waals surface area contributed by atoms with Crippen LogP contribution in [0.4, 0.5) is 0 Å². The van der Waals surface area contributed by atoms with Gasteiger partial charge in [-0.2, -0.15) is 0 Å². The molecule has 0 saturated carbocycles. The van der Waals surface area contributed by atoms with Gasteiger partial charge in [-0.15, -0.1) is 45.3 Å². The third-order valence-corrected chi connectivity index (χ3v) is 23.0. The summed E-state index contributed by atoms with van der Waals surface area (Å²) in [6, 6.07) is 50.6. The predicted octanol–water partition coefficient (Wildman–Crippen LogP) is 25.7. The molecule has 0 radical (unpaired) electrons. The van der Waals surface area contributed by atoms with E-state index in [1.165, 1.54) is 173 Å². The first-order chi connectivity index (χ1) is 45.6. The molecule has 6 nitrogen and oxygen atoms in total. The Balaban J connectivity index is 0.849. The van der Waals surface area contributed by atoms with Gasteiger partial charge in [0, 0.05) is 57.3 Å². The number of unbranched alkanes of at least 4 members (excludes halogenated alkanes) is 18. The highest BCUT2D eigenvalue weighted by Crippen LogP contribution is 2.57. The van der Waals surface area contributed by atoms with Crippen LogP contribution in [-0.4, -0.2) is 37.4 Å². The highest BCUT2D eigenvalue weighted by atomic mass is 32.1. The minimum atomic E-state index is -0.414. The molecule has 1 aliphatic carbocycles. The van der Waals surface area contributed by atoms with Crippen molar-refractivity contribution in [2.75, 3.05) is 13.2 Å². The van der Waals surface area contributed by atoms with E-state index in [9.17, 15) is 9.59 Å². The van der Waals surface area contributed by atoms with Gasteiger partial charge in [-0.25, -0.2) is 0 Å². The topological polar surface area (TPSA) is 71.1 Å². The van der Waals surface area contributed by atoms with Gasteiger partial charge in [0.2, 0.25) is 0 Å². The van der Waals surface area contributed by atoms with Gasteiger partial charge in [0.05, 0.1) is 13.2 Å². The van der Waals surface area contributed by atoms with Crippen LogP contribution in [0.5, 0.6) is 11.5 Å². The number of hydrogen-bond donors (Lipinski definition) is 0. The fourth-order valence-electron chi connectivity index (χ4n) is 12.8. The summed E-state index contributed by atoms with van der Waals surface area (Å²) in [5.74, 6) is 1.40. The minimum absolute atomic E-state index is 0.0534. The highest BCUT2D eigenvalue weighted by Gasteiger charge is 2.43. The molecule has 0 spiro atoms. The summed E-state index contributed by atoms with van der Waals surface area (Å²) in [6.45, 7) is 20.7. The van der Waals surface area contributed by atoms with Crippen LogP contribution in [0.3, 0.4) is 0 Å². The zero-order valence-electron chi connectivity index (χ0n) is 55.4. The van der Waals surface area contributed by atoms with E-state index in [4.69, 9.17) is 18.9 Å². The van der Waals surface area contributed by atoms with Crippen molar-refractivity contribution < 1.29 is 28.5 Å². The molecule has 0 amide bonds. The molecular formula is C83H98O6S4. The van der Waals surface area contributed by atoms with Gasteiger partial charge in [-0.1, -0.05) is 180 Å². The summed E-state index contributed by atoms with van der Waals surface area (Å²) >= 11 is 7.55. The molecule has 4 aromatic heterocycles. The van der Waals surface area contributed by atoms with E-state index < -0.39 is 12.2 Å². The number of benzene rings is 4. The van der Waals surface area contributed by atoms with Crippen molar-refractivity contribution in [3.63, 3.8) is 0 Å². The molecule has 9 rings (SSSR count). The van der Waals surface area contributed by atoms with Crippen LogP contribution in [0.1, 0.15) is 192 Å². The summed E-state index contributed by atoms with van der Waals surface area (Å²) in [5, 5.41) is 0. The van der Waals surface area contributed by atoms with Crippen LogP contribution in [0.2, 0.25) is 0 Å². The lowest BCUT2D eigenvalue weighted by atomic mass is 9.70. The summed E-state index contributed by atoms with van der Waals surface area (Å²) in [7, 11) is 0. The number of fused-ring (bicyclic) bond motifs is 3. The van der Waals surface area contributed by atoms with E-state index in [-0.39, 0.29) is 17.4 Å². The van der Waals surface area contributed by atoms with Crippen molar-refractivity contribution in [2.45, 2.75) is 198 Å². The molecule has 0 fully saturated rings. The van der Waals surface area contributed by atoms with Crippen LogP contribution >= 0.6 is 45.3 Å². The van der Waals surface area contributed by atoms with Crippen molar-refractivity contribution >= 4 is 57.3 Å².